The molecular formula is C7H7F2IN2O. The van der Waals surface area contributed by atoms with E-state index in [4.69, 9.17) is 10.8 Å². The molecule has 1 aromatic rings. The zero-order valence-corrected chi connectivity index (χ0v) is 8.62. The number of aliphatic hydroxyl groups is 1. The maximum atomic E-state index is 12.3. The monoisotopic (exact) mass is 300 g/mol. The van der Waals surface area contributed by atoms with Gasteiger partial charge < -0.3 is 10.8 Å². The SMILES string of the molecule is Nc1nc(I)c(C(F)F)cc1CO. The van der Waals surface area contributed by atoms with Crippen molar-refractivity contribution in [1.29, 1.82) is 0 Å². The summed E-state index contributed by atoms with van der Waals surface area (Å²) < 4.78 is 24.8. The largest absolute Gasteiger partial charge is 0.392 e. The van der Waals surface area contributed by atoms with E-state index in [9.17, 15) is 8.78 Å². The van der Waals surface area contributed by atoms with Gasteiger partial charge in [-0.1, -0.05) is 0 Å². The highest BCUT2D eigenvalue weighted by atomic mass is 127. The number of halogens is 3. The van der Waals surface area contributed by atoms with Crippen molar-refractivity contribution >= 4 is 28.4 Å². The number of anilines is 1. The van der Waals surface area contributed by atoms with E-state index in [-0.39, 0.29) is 27.3 Å². The Balaban J connectivity index is 3.22. The third-order valence-corrected chi connectivity index (χ3v) is 2.39. The lowest BCUT2D eigenvalue weighted by molar-refractivity contribution is 0.149. The highest BCUT2D eigenvalue weighted by molar-refractivity contribution is 14.1. The van der Waals surface area contributed by atoms with Crippen molar-refractivity contribution in [2.75, 3.05) is 5.73 Å². The number of pyridine rings is 1. The summed E-state index contributed by atoms with van der Waals surface area (Å²) in [5.41, 5.74) is 5.42. The van der Waals surface area contributed by atoms with Gasteiger partial charge in [0.25, 0.3) is 6.43 Å². The second-order valence-electron chi connectivity index (χ2n) is 2.37. The zero-order chi connectivity index (χ0) is 10.0. The van der Waals surface area contributed by atoms with Gasteiger partial charge in [0, 0.05) is 5.56 Å². The number of hydrogen-bond donors (Lipinski definition) is 2. The van der Waals surface area contributed by atoms with Gasteiger partial charge in [-0.15, -0.1) is 0 Å². The van der Waals surface area contributed by atoms with Crippen LogP contribution in [0.25, 0.3) is 0 Å². The van der Waals surface area contributed by atoms with Crippen molar-refractivity contribution in [2.45, 2.75) is 13.0 Å². The molecule has 0 saturated heterocycles. The Kier molecular flexibility index (Phi) is 3.37. The predicted octanol–water partition coefficient (Wildman–Crippen LogP) is 1.70. The van der Waals surface area contributed by atoms with E-state index in [1.807, 2.05) is 0 Å². The summed E-state index contributed by atoms with van der Waals surface area (Å²) in [6.45, 7) is -0.379. The molecule has 0 bridgehead atoms. The standard InChI is InChI=1S/C7H7F2IN2O/c8-5(9)4-1-3(2-13)7(11)12-6(4)10/h1,5,13H,2H2,(H2,11,12). The fourth-order valence-electron chi connectivity index (χ4n) is 0.843. The molecule has 0 spiro atoms. The van der Waals surface area contributed by atoms with Gasteiger partial charge in [0.15, 0.2) is 0 Å². The molecule has 0 saturated carbocycles. The van der Waals surface area contributed by atoms with Crippen molar-refractivity contribution in [2.24, 2.45) is 0 Å². The van der Waals surface area contributed by atoms with Crippen LogP contribution in [-0.4, -0.2) is 10.1 Å². The fraction of sp³-hybridized carbons (Fsp3) is 0.286. The molecule has 13 heavy (non-hydrogen) atoms. The molecule has 0 aliphatic carbocycles. The zero-order valence-electron chi connectivity index (χ0n) is 6.47. The smallest absolute Gasteiger partial charge is 0.266 e. The Morgan fingerprint density at radius 3 is 2.69 bits per heavy atom. The summed E-state index contributed by atoms with van der Waals surface area (Å²) in [4.78, 5) is 3.69. The highest BCUT2D eigenvalue weighted by Crippen LogP contribution is 2.26. The molecule has 1 heterocycles. The van der Waals surface area contributed by atoms with Crippen LogP contribution in [0, 0.1) is 3.70 Å². The van der Waals surface area contributed by atoms with E-state index in [2.05, 4.69) is 4.98 Å². The number of nitrogens with two attached hydrogens (primary N) is 1. The third kappa shape index (κ3) is 2.25. The van der Waals surface area contributed by atoms with Gasteiger partial charge in [0.05, 0.1) is 12.2 Å². The molecular weight excluding hydrogens is 293 g/mol. The summed E-state index contributed by atoms with van der Waals surface area (Å²) in [5, 5.41) is 8.75. The molecule has 3 N–H and O–H groups in total. The second kappa shape index (κ2) is 4.14. The Morgan fingerprint density at radius 2 is 2.23 bits per heavy atom. The number of aliphatic hydroxyl groups excluding tert-OH is 1. The number of aromatic nitrogens is 1. The molecule has 1 aromatic heterocycles. The number of hydrogen-bond acceptors (Lipinski definition) is 3. The van der Waals surface area contributed by atoms with Crippen LogP contribution in [0.1, 0.15) is 17.6 Å². The Labute approximate surface area is 87.1 Å². The van der Waals surface area contributed by atoms with E-state index in [1.54, 1.807) is 22.6 Å². The maximum Gasteiger partial charge on any atom is 0.266 e. The van der Waals surface area contributed by atoms with Crippen molar-refractivity contribution in [3.63, 3.8) is 0 Å². The number of nitrogen functional groups attached to an aromatic ring is 1. The molecule has 6 heteroatoms. The van der Waals surface area contributed by atoms with Crippen LogP contribution in [0.3, 0.4) is 0 Å². The fourth-order valence-corrected chi connectivity index (χ4v) is 1.49. The van der Waals surface area contributed by atoms with Crippen molar-refractivity contribution in [3.8, 4) is 0 Å². The molecule has 1 rings (SSSR count). The average molecular weight is 300 g/mol. The van der Waals surface area contributed by atoms with Crippen molar-refractivity contribution < 1.29 is 13.9 Å². The molecule has 0 aliphatic heterocycles. The van der Waals surface area contributed by atoms with Gasteiger partial charge in [-0.2, -0.15) is 0 Å². The van der Waals surface area contributed by atoms with Crippen molar-refractivity contribution in [3.05, 3.63) is 20.9 Å². The third-order valence-electron chi connectivity index (χ3n) is 1.52. The second-order valence-corrected chi connectivity index (χ2v) is 3.39. The molecule has 0 unspecified atom stereocenters. The van der Waals surface area contributed by atoms with Crippen molar-refractivity contribution in [1.82, 2.24) is 4.98 Å². The minimum Gasteiger partial charge on any atom is -0.392 e. The Morgan fingerprint density at radius 1 is 1.62 bits per heavy atom. The van der Waals surface area contributed by atoms with E-state index < -0.39 is 6.43 Å². The molecule has 0 fully saturated rings. The van der Waals surface area contributed by atoms with Gasteiger partial charge in [-0.25, -0.2) is 13.8 Å². The van der Waals surface area contributed by atoms with Crippen LogP contribution in [0.2, 0.25) is 0 Å². The minimum atomic E-state index is -2.59. The first-order chi connectivity index (χ1) is 6.06. The first kappa shape index (κ1) is 10.6. The summed E-state index contributed by atoms with van der Waals surface area (Å²) >= 11 is 1.68. The summed E-state index contributed by atoms with van der Waals surface area (Å²) in [5.74, 6) is 0.0938. The lowest BCUT2D eigenvalue weighted by Gasteiger charge is -2.07. The van der Waals surface area contributed by atoms with Crippen LogP contribution in [0.15, 0.2) is 6.07 Å². The lowest BCUT2D eigenvalue weighted by atomic mass is 10.2. The number of nitrogens with zero attached hydrogens (tertiary/aromatic N) is 1. The topological polar surface area (TPSA) is 59.1 Å². The van der Waals surface area contributed by atoms with Gasteiger partial charge >= 0.3 is 0 Å². The Bertz CT molecular complexity index is 320. The maximum absolute atomic E-state index is 12.3. The quantitative estimate of drug-likeness (QED) is 0.645. The first-order valence-electron chi connectivity index (χ1n) is 3.40. The van der Waals surface area contributed by atoms with Gasteiger partial charge in [0.1, 0.15) is 9.52 Å². The van der Waals surface area contributed by atoms with E-state index in [0.29, 0.717) is 0 Å². The Hall–Kier alpha value is -0.500. The average Bonchev–Trinajstić information content (AvgIpc) is 2.03. The first-order valence-corrected chi connectivity index (χ1v) is 4.48. The van der Waals surface area contributed by atoms with Crippen LogP contribution >= 0.6 is 22.6 Å². The molecule has 0 aliphatic rings. The lowest BCUT2D eigenvalue weighted by Crippen LogP contribution is -2.03. The van der Waals surface area contributed by atoms with Crippen LogP contribution in [0.4, 0.5) is 14.6 Å². The molecule has 72 valence electrons. The van der Waals surface area contributed by atoms with E-state index in [0.717, 1.165) is 0 Å². The van der Waals surface area contributed by atoms with E-state index in [1.165, 1.54) is 6.07 Å². The summed E-state index contributed by atoms with van der Waals surface area (Å²) in [7, 11) is 0. The van der Waals surface area contributed by atoms with Gasteiger partial charge in [0.2, 0.25) is 0 Å². The molecule has 0 radical (unpaired) electrons. The molecule has 0 aromatic carbocycles. The van der Waals surface area contributed by atoms with E-state index >= 15 is 0 Å². The van der Waals surface area contributed by atoms with Crippen LogP contribution in [0.5, 0.6) is 0 Å². The normalized spacial score (nSPS) is 10.8. The highest BCUT2D eigenvalue weighted by Gasteiger charge is 2.15. The minimum absolute atomic E-state index is 0.0938. The van der Waals surface area contributed by atoms with Crippen LogP contribution in [-0.2, 0) is 6.61 Å². The molecule has 0 atom stereocenters. The number of rotatable bonds is 2. The van der Waals surface area contributed by atoms with Gasteiger partial charge in [-0.05, 0) is 28.7 Å². The van der Waals surface area contributed by atoms with Gasteiger partial charge in [-0.3, -0.25) is 0 Å². The summed E-state index contributed by atoms with van der Waals surface area (Å²) in [6, 6.07) is 1.18. The number of alkyl halides is 2. The van der Waals surface area contributed by atoms with Crippen LogP contribution < -0.4 is 5.73 Å². The molecule has 3 nitrogen and oxygen atoms in total. The summed E-state index contributed by atoms with van der Waals surface area (Å²) in [6.07, 6.45) is -2.59. The predicted molar refractivity (Wildman–Crippen MR) is 52.2 cm³/mol. The molecule has 0 amide bonds.